The topological polar surface area (TPSA) is 81.1 Å². The van der Waals surface area contributed by atoms with E-state index in [-0.39, 0.29) is 18.7 Å². The molecule has 1 unspecified atom stereocenters. The minimum Gasteiger partial charge on any atom is -0.480 e. The Morgan fingerprint density at radius 3 is 2.47 bits per heavy atom. The monoisotopic (exact) mass is 272 g/mol. The maximum absolute atomic E-state index is 12.4. The summed E-state index contributed by atoms with van der Waals surface area (Å²) in [5.74, 6) is -1.04. The van der Waals surface area contributed by atoms with E-state index in [0.29, 0.717) is 6.54 Å². The first-order valence-electron chi connectivity index (χ1n) is 6.71. The van der Waals surface area contributed by atoms with Crippen molar-refractivity contribution in [2.45, 2.75) is 51.1 Å². The Morgan fingerprint density at radius 1 is 1.32 bits per heavy atom. The molecule has 6 heteroatoms. The van der Waals surface area contributed by atoms with Gasteiger partial charge in [0.2, 0.25) is 0 Å². The molecule has 0 aliphatic carbocycles. The van der Waals surface area contributed by atoms with E-state index in [1.54, 1.807) is 4.90 Å². The van der Waals surface area contributed by atoms with Crippen molar-refractivity contribution in [1.29, 1.82) is 0 Å². The minimum absolute atomic E-state index is 0.0763. The second kappa shape index (κ2) is 6.23. The molecule has 0 aromatic heterocycles. The molecule has 2 N–H and O–H groups in total. The molecule has 0 bridgehead atoms. The molecule has 1 saturated heterocycles. The van der Waals surface area contributed by atoms with Gasteiger partial charge in [-0.2, -0.15) is 0 Å². The van der Waals surface area contributed by atoms with E-state index < -0.39 is 11.5 Å². The fourth-order valence-corrected chi connectivity index (χ4v) is 2.19. The second-order valence-electron chi connectivity index (χ2n) is 5.58. The number of aliphatic carboxylic acids is 1. The molecule has 110 valence electrons. The fraction of sp³-hybridized carbons (Fsp3) is 0.846. The third-order valence-electron chi connectivity index (χ3n) is 3.98. The number of nitrogens with zero attached hydrogens (tertiary/aromatic N) is 2. The lowest BCUT2D eigenvalue weighted by Gasteiger charge is -2.38. The molecule has 6 nitrogen and oxygen atoms in total. The average Bonchev–Trinajstić information content (AvgIpc) is 2.61. The normalized spacial score (nSPS) is 20.8. The summed E-state index contributed by atoms with van der Waals surface area (Å²) in [4.78, 5) is 26.5. The number of carboxylic acid groups (broad SMARTS) is 1. The standard InChI is InChI=1S/C13H24N2O4/c1-13(2,11(17)18)14(3)12(19)15-8-6-4-5-7-10(15)9-16/h10,16H,4-9H2,1-3H3,(H,17,18). The van der Waals surface area contributed by atoms with E-state index in [1.165, 1.54) is 25.8 Å². The van der Waals surface area contributed by atoms with Crippen LogP contribution in [0.5, 0.6) is 0 Å². The van der Waals surface area contributed by atoms with E-state index in [9.17, 15) is 19.8 Å². The van der Waals surface area contributed by atoms with Crippen LogP contribution >= 0.6 is 0 Å². The van der Waals surface area contributed by atoms with Crippen molar-refractivity contribution < 1.29 is 19.8 Å². The summed E-state index contributed by atoms with van der Waals surface area (Å²) in [5.41, 5.74) is -1.26. The van der Waals surface area contributed by atoms with Crippen LogP contribution in [0.3, 0.4) is 0 Å². The number of carbonyl (C=O) groups excluding carboxylic acids is 1. The summed E-state index contributed by atoms with van der Waals surface area (Å²) < 4.78 is 0. The van der Waals surface area contributed by atoms with Gasteiger partial charge < -0.3 is 20.0 Å². The molecule has 2 amide bonds. The smallest absolute Gasteiger partial charge is 0.329 e. The van der Waals surface area contributed by atoms with E-state index in [1.807, 2.05) is 0 Å². The number of hydrogen-bond acceptors (Lipinski definition) is 3. The predicted octanol–water partition coefficient (Wildman–Crippen LogP) is 1.14. The van der Waals surface area contributed by atoms with E-state index in [4.69, 9.17) is 0 Å². The molecule has 1 rings (SSSR count). The van der Waals surface area contributed by atoms with Crippen molar-refractivity contribution >= 4 is 12.0 Å². The van der Waals surface area contributed by atoms with Crippen molar-refractivity contribution in [2.75, 3.05) is 20.2 Å². The van der Waals surface area contributed by atoms with Gasteiger partial charge in [-0.15, -0.1) is 0 Å². The van der Waals surface area contributed by atoms with Gasteiger partial charge in [0.1, 0.15) is 5.54 Å². The molecular weight excluding hydrogens is 248 g/mol. The number of likely N-dealkylation sites (tertiary alicyclic amines) is 1. The Balaban J connectivity index is 2.87. The maximum Gasteiger partial charge on any atom is 0.329 e. The van der Waals surface area contributed by atoms with Crippen molar-refractivity contribution in [2.24, 2.45) is 0 Å². The largest absolute Gasteiger partial charge is 0.480 e. The first-order valence-corrected chi connectivity index (χ1v) is 6.71. The average molecular weight is 272 g/mol. The molecule has 0 radical (unpaired) electrons. The van der Waals surface area contributed by atoms with Crippen LogP contribution in [0.15, 0.2) is 0 Å². The van der Waals surface area contributed by atoms with Gasteiger partial charge >= 0.3 is 12.0 Å². The Morgan fingerprint density at radius 2 is 1.95 bits per heavy atom. The Bertz CT molecular complexity index is 344. The van der Waals surface area contributed by atoms with Crippen LogP contribution in [0.4, 0.5) is 4.79 Å². The van der Waals surface area contributed by atoms with Crippen molar-refractivity contribution in [1.82, 2.24) is 9.80 Å². The molecule has 1 aliphatic rings. The summed E-state index contributed by atoms with van der Waals surface area (Å²) >= 11 is 0. The van der Waals surface area contributed by atoms with Gasteiger partial charge in [0.15, 0.2) is 0 Å². The number of likely N-dealkylation sites (N-methyl/N-ethyl adjacent to an activating group) is 1. The molecule has 1 heterocycles. The third kappa shape index (κ3) is 3.37. The summed E-state index contributed by atoms with van der Waals surface area (Å²) in [5, 5.41) is 18.6. The maximum atomic E-state index is 12.4. The van der Waals surface area contributed by atoms with Gasteiger partial charge in [-0.25, -0.2) is 9.59 Å². The quantitative estimate of drug-likeness (QED) is 0.807. The van der Waals surface area contributed by atoms with Crippen LogP contribution in [-0.2, 0) is 4.79 Å². The second-order valence-corrected chi connectivity index (χ2v) is 5.58. The number of carboxylic acids is 1. The third-order valence-corrected chi connectivity index (χ3v) is 3.98. The molecule has 1 fully saturated rings. The molecule has 0 spiro atoms. The molecule has 0 aromatic carbocycles. The van der Waals surface area contributed by atoms with Gasteiger partial charge in [0.25, 0.3) is 0 Å². The highest BCUT2D eigenvalue weighted by Crippen LogP contribution is 2.21. The van der Waals surface area contributed by atoms with Crippen molar-refractivity contribution in [3.8, 4) is 0 Å². The van der Waals surface area contributed by atoms with Crippen LogP contribution < -0.4 is 0 Å². The van der Waals surface area contributed by atoms with Gasteiger partial charge in [-0.3, -0.25) is 0 Å². The number of aliphatic hydroxyl groups excluding tert-OH is 1. The summed E-state index contributed by atoms with van der Waals surface area (Å²) in [7, 11) is 1.50. The molecular formula is C13H24N2O4. The number of urea groups is 1. The lowest BCUT2D eigenvalue weighted by molar-refractivity contribution is -0.147. The lowest BCUT2D eigenvalue weighted by atomic mass is 10.0. The number of aliphatic hydroxyl groups is 1. The Kier molecular flexibility index (Phi) is 5.17. The van der Waals surface area contributed by atoms with E-state index in [0.717, 1.165) is 25.7 Å². The number of hydrogen-bond donors (Lipinski definition) is 2. The summed E-state index contributed by atoms with van der Waals surface area (Å²) in [6, 6.07) is -0.532. The zero-order valence-electron chi connectivity index (χ0n) is 11.9. The zero-order chi connectivity index (χ0) is 14.6. The van der Waals surface area contributed by atoms with Crippen LogP contribution in [0.1, 0.15) is 39.5 Å². The lowest BCUT2D eigenvalue weighted by Crippen LogP contribution is -2.57. The number of rotatable bonds is 3. The van der Waals surface area contributed by atoms with Crippen molar-refractivity contribution in [3.05, 3.63) is 0 Å². The SMILES string of the molecule is CN(C(=O)N1CCCCCC1CO)C(C)(C)C(=O)O. The summed E-state index contributed by atoms with van der Waals surface area (Å²) in [6.45, 7) is 3.50. The molecule has 0 aromatic rings. The first-order chi connectivity index (χ1) is 8.82. The molecule has 1 atom stereocenters. The van der Waals surface area contributed by atoms with Gasteiger partial charge in [0.05, 0.1) is 12.6 Å². The van der Waals surface area contributed by atoms with Gasteiger partial charge in [0, 0.05) is 13.6 Å². The first kappa shape index (κ1) is 15.8. The summed E-state index contributed by atoms with van der Waals surface area (Å²) in [6.07, 6.45) is 3.68. The van der Waals surface area contributed by atoms with Crippen LogP contribution in [0, 0.1) is 0 Å². The Hall–Kier alpha value is -1.30. The molecule has 1 aliphatic heterocycles. The Labute approximate surface area is 114 Å². The van der Waals surface area contributed by atoms with Gasteiger partial charge in [-0.1, -0.05) is 12.8 Å². The highest BCUT2D eigenvalue weighted by Gasteiger charge is 2.38. The highest BCUT2D eigenvalue weighted by atomic mass is 16.4. The minimum atomic E-state index is -1.26. The molecule has 19 heavy (non-hydrogen) atoms. The van der Waals surface area contributed by atoms with E-state index >= 15 is 0 Å². The van der Waals surface area contributed by atoms with Crippen LogP contribution in [0.25, 0.3) is 0 Å². The van der Waals surface area contributed by atoms with Gasteiger partial charge in [-0.05, 0) is 26.7 Å². The van der Waals surface area contributed by atoms with Crippen LogP contribution in [0.2, 0.25) is 0 Å². The molecule has 0 saturated carbocycles. The van der Waals surface area contributed by atoms with Crippen LogP contribution in [-0.4, -0.2) is 63.8 Å². The fourth-order valence-electron chi connectivity index (χ4n) is 2.19. The predicted molar refractivity (Wildman–Crippen MR) is 70.9 cm³/mol. The number of carbonyl (C=O) groups is 2. The highest BCUT2D eigenvalue weighted by molar-refractivity contribution is 5.85. The number of amides is 2. The van der Waals surface area contributed by atoms with Crippen molar-refractivity contribution in [3.63, 3.8) is 0 Å². The van der Waals surface area contributed by atoms with E-state index in [2.05, 4.69) is 0 Å². The zero-order valence-corrected chi connectivity index (χ0v) is 11.9.